The number of hydrogen-bond acceptors (Lipinski definition) is 5. The van der Waals surface area contributed by atoms with Crippen molar-refractivity contribution in [3.63, 3.8) is 0 Å². The second-order valence-corrected chi connectivity index (χ2v) is 9.26. The van der Waals surface area contributed by atoms with Crippen LogP contribution in [0.2, 0.25) is 10.0 Å². The number of nitrogens with zero attached hydrogens (tertiary/aromatic N) is 2. The predicted molar refractivity (Wildman–Crippen MR) is 128 cm³/mol. The van der Waals surface area contributed by atoms with Crippen molar-refractivity contribution in [3.8, 4) is 0 Å². The molecule has 32 heavy (non-hydrogen) atoms. The molecule has 2 amide bonds. The number of anilines is 1. The Morgan fingerprint density at radius 2 is 1.91 bits per heavy atom. The number of carbonyl (C=O) groups is 2. The van der Waals surface area contributed by atoms with Crippen LogP contribution in [0.1, 0.15) is 41.6 Å². The van der Waals surface area contributed by atoms with Gasteiger partial charge in [-0.25, -0.2) is 4.98 Å². The molecule has 0 spiro atoms. The first kappa shape index (κ1) is 24.1. The first-order chi connectivity index (χ1) is 15.2. The molecule has 0 unspecified atom stereocenters. The van der Waals surface area contributed by atoms with Gasteiger partial charge in [0.25, 0.3) is 5.91 Å². The molecule has 3 aromatic rings. The second kappa shape index (κ2) is 10.8. The normalized spacial score (nSPS) is 11.9. The summed E-state index contributed by atoms with van der Waals surface area (Å²) in [6.45, 7) is 5.85. The third-order valence-corrected chi connectivity index (χ3v) is 6.05. The standard InChI is InChI=1S/C22H23Cl2N5O2S/c1-12(2)19(26-21(31)15-9-8-14(23)10-16(15)24)20-27-22(29-28-20)32-11-18(30)25-17-7-5-4-6-13(17)3/h4-10,12,19H,11H2,1-3H3,(H,25,30)(H,26,31)(H,27,28,29)/t19-/m1/s1. The van der Waals surface area contributed by atoms with E-state index in [0.717, 1.165) is 11.3 Å². The Balaban J connectivity index is 1.63. The number of carbonyl (C=O) groups excluding carboxylic acids is 2. The van der Waals surface area contributed by atoms with Crippen molar-refractivity contribution in [3.05, 3.63) is 69.5 Å². The zero-order valence-electron chi connectivity index (χ0n) is 17.8. The maximum atomic E-state index is 12.7. The Bertz CT molecular complexity index is 1120. The summed E-state index contributed by atoms with van der Waals surface area (Å²) in [7, 11) is 0. The third-order valence-electron chi connectivity index (χ3n) is 4.66. The van der Waals surface area contributed by atoms with Gasteiger partial charge in [-0.2, -0.15) is 0 Å². The number of nitrogens with one attached hydrogen (secondary N) is 3. The number of amides is 2. The van der Waals surface area contributed by atoms with Crippen LogP contribution in [0.15, 0.2) is 47.6 Å². The number of aromatic nitrogens is 3. The lowest BCUT2D eigenvalue weighted by Gasteiger charge is -2.20. The molecule has 1 heterocycles. The van der Waals surface area contributed by atoms with E-state index in [-0.39, 0.29) is 28.5 Å². The minimum absolute atomic E-state index is 0.0279. The number of para-hydroxylation sites is 1. The predicted octanol–water partition coefficient (Wildman–Crippen LogP) is 5.28. The molecule has 10 heteroatoms. The van der Waals surface area contributed by atoms with E-state index in [9.17, 15) is 9.59 Å². The fourth-order valence-corrected chi connectivity index (χ4v) is 4.03. The van der Waals surface area contributed by atoms with Gasteiger partial charge < -0.3 is 10.6 Å². The molecular formula is C22H23Cl2N5O2S. The highest BCUT2D eigenvalue weighted by molar-refractivity contribution is 7.99. The van der Waals surface area contributed by atoms with E-state index in [1.54, 1.807) is 12.1 Å². The molecule has 0 aliphatic carbocycles. The highest BCUT2D eigenvalue weighted by Gasteiger charge is 2.24. The van der Waals surface area contributed by atoms with Crippen molar-refractivity contribution in [1.29, 1.82) is 0 Å². The van der Waals surface area contributed by atoms with Gasteiger partial charge in [0.15, 0.2) is 0 Å². The van der Waals surface area contributed by atoms with Crippen LogP contribution in [0.3, 0.4) is 0 Å². The van der Waals surface area contributed by atoms with Crippen LogP contribution < -0.4 is 10.6 Å². The van der Waals surface area contributed by atoms with E-state index in [1.165, 1.54) is 17.8 Å². The Kier molecular flexibility index (Phi) is 8.17. The molecule has 3 rings (SSSR count). The van der Waals surface area contributed by atoms with Crippen LogP contribution in [0.4, 0.5) is 5.69 Å². The fraction of sp³-hybridized carbons (Fsp3) is 0.273. The van der Waals surface area contributed by atoms with Crippen molar-refractivity contribution >= 4 is 52.5 Å². The largest absolute Gasteiger partial charge is 0.342 e. The molecule has 0 radical (unpaired) electrons. The third kappa shape index (κ3) is 6.25. The van der Waals surface area contributed by atoms with Crippen LogP contribution in [-0.2, 0) is 4.79 Å². The molecule has 0 aliphatic heterocycles. The maximum absolute atomic E-state index is 12.7. The van der Waals surface area contributed by atoms with Crippen LogP contribution in [0.25, 0.3) is 0 Å². The number of rotatable bonds is 8. The Morgan fingerprint density at radius 3 is 2.59 bits per heavy atom. The molecule has 1 aromatic heterocycles. The van der Waals surface area contributed by atoms with Crippen molar-refractivity contribution in [2.24, 2.45) is 5.92 Å². The number of aromatic amines is 1. The summed E-state index contributed by atoms with van der Waals surface area (Å²) in [5.74, 6) is 0.195. The average molecular weight is 492 g/mol. The van der Waals surface area contributed by atoms with Gasteiger partial charge in [-0.15, -0.1) is 5.10 Å². The quantitative estimate of drug-likeness (QED) is 0.372. The van der Waals surface area contributed by atoms with Crippen molar-refractivity contribution in [2.45, 2.75) is 32.0 Å². The van der Waals surface area contributed by atoms with Gasteiger partial charge in [-0.05, 0) is 42.7 Å². The number of thioether (sulfide) groups is 1. The Hall–Kier alpha value is -2.55. The summed E-state index contributed by atoms with van der Waals surface area (Å²) in [6.07, 6.45) is 0. The summed E-state index contributed by atoms with van der Waals surface area (Å²) >= 11 is 13.3. The fourth-order valence-electron chi connectivity index (χ4n) is 2.93. The number of benzene rings is 2. The summed E-state index contributed by atoms with van der Waals surface area (Å²) < 4.78 is 0. The monoisotopic (exact) mass is 491 g/mol. The van der Waals surface area contributed by atoms with E-state index < -0.39 is 6.04 Å². The number of hydrogen-bond donors (Lipinski definition) is 3. The molecular weight excluding hydrogens is 469 g/mol. The van der Waals surface area contributed by atoms with E-state index in [1.807, 2.05) is 45.0 Å². The van der Waals surface area contributed by atoms with E-state index in [4.69, 9.17) is 23.2 Å². The molecule has 3 N–H and O–H groups in total. The summed E-state index contributed by atoms with van der Waals surface area (Å²) in [6, 6.07) is 11.9. The van der Waals surface area contributed by atoms with Crippen LogP contribution >= 0.6 is 35.0 Å². The van der Waals surface area contributed by atoms with Crippen molar-refractivity contribution in [1.82, 2.24) is 20.5 Å². The van der Waals surface area contributed by atoms with E-state index >= 15 is 0 Å². The zero-order valence-corrected chi connectivity index (χ0v) is 20.1. The van der Waals surface area contributed by atoms with Crippen molar-refractivity contribution < 1.29 is 9.59 Å². The van der Waals surface area contributed by atoms with Crippen molar-refractivity contribution in [2.75, 3.05) is 11.1 Å². The lowest BCUT2D eigenvalue weighted by molar-refractivity contribution is -0.113. The lowest BCUT2D eigenvalue weighted by atomic mass is 10.0. The van der Waals surface area contributed by atoms with Crippen LogP contribution in [0, 0.1) is 12.8 Å². The van der Waals surface area contributed by atoms with E-state index in [0.29, 0.717) is 21.6 Å². The Labute approximate surface area is 200 Å². The molecule has 7 nitrogen and oxygen atoms in total. The van der Waals surface area contributed by atoms with E-state index in [2.05, 4.69) is 25.8 Å². The zero-order chi connectivity index (χ0) is 23.3. The first-order valence-corrected chi connectivity index (χ1v) is 11.6. The molecule has 0 fully saturated rings. The summed E-state index contributed by atoms with van der Waals surface area (Å²) in [5.41, 5.74) is 2.09. The molecule has 1 atom stereocenters. The minimum atomic E-state index is -0.420. The highest BCUT2D eigenvalue weighted by atomic mass is 35.5. The second-order valence-electron chi connectivity index (χ2n) is 7.47. The molecule has 2 aromatic carbocycles. The lowest BCUT2D eigenvalue weighted by Crippen LogP contribution is -2.32. The Morgan fingerprint density at radius 1 is 1.16 bits per heavy atom. The smallest absolute Gasteiger partial charge is 0.253 e. The maximum Gasteiger partial charge on any atom is 0.253 e. The minimum Gasteiger partial charge on any atom is -0.342 e. The average Bonchev–Trinajstić information content (AvgIpc) is 3.20. The topological polar surface area (TPSA) is 99.8 Å². The van der Waals surface area contributed by atoms with Gasteiger partial charge >= 0.3 is 0 Å². The van der Waals surface area contributed by atoms with Crippen LogP contribution in [-0.4, -0.2) is 32.7 Å². The van der Waals surface area contributed by atoms with Gasteiger partial charge in [-0.1, -0.05) is 67.0 Å². The van der Waals surface area contributed by atoms with Gasteiger partial charge in [-0.3, -0.25) is 14.7 Å². The summed E-state index contributed by atoms with van der Waals surface area (Å²) in [5, 5.41) is 14.0. The molecule has 0 bridgehead atoms. The highest BCUT2D eigenvalue weighted by Crippen LogP contribution is 2.25. The first-order valence-electron chi connectivity index (χ1n) is 9.91. The number of halogens is 2. The van der Waals surface area contributed by atoms with Gasteiger partial charge in [0.05, 0.1) is 22.4 Å². The summed E-state index contributed by atoms with van der Waals surface area (Å²) in [4.78, 5) is 29.5. The number of aryl methyl sites for hydroxylation is 1. The molecule has 0 saturated heterocycles. The molecule has 168 valence electrons. The molecule has 0 saturated carbocycles. The van der Waals surface area contributed by atoms with Crippen LogP contribution in [0.5, 0.6) is 0 Å². The van der Waals surface area contributed by atoms with Gasteiger partial charge in [0, 0.05) is 10.7 Å². The SMILES string of the molecule is Cc1ccccc1NC(=O)CSc1n[nH]c([C@H](NC(=O)c2ccc(Cl)cc2Cl)C(C)C)n1. The number of H-pyrrole nitrogens is 1. The van der Waals surface area contributed by atoms with Gasteiger partial charge in [0.1, 0.15) is 5.82 Å². The van der Waals surface area contributed by atoms with Gasteiger partial charge in [0.2, 0.25) is 11.1 Å². The molecule has 0 aliphatic rings.